The molecule has 3 rings (SSSR count). The lowest BCUT2D eigenvalue weighted by Gasteiger charge is -2.13. The third-order valence-corrected chi connectivity index (χ3v) is 5.01. The molecule has 0 aliphatic heterocycles. The van der Waals surface area contributed by atoms with Crippen LogP contribution >= 0.6 is 11.3 Å². The van der Waals surface area contributed by atoms with Gasteiger partial charge in [0, 0.05) is 12.4 Å². The van der Waals surface area contributed by atoms with Crippen LogP contribution in [0.1, 0.15) is 39.5 Å². The molecular weight excluding hydrogens is 308 g/mol. The number of hydrogen-bond donors (Lipinski definition) is 1. The summed E-state index contributed by atoms with van der Waals surface area (Å²) in [5.41, 5.74) is 2.51. The van der Waals surface area contributed by atoms with Crippen LogP contribution in [0.15, 0.2) is 30.3 Å². The summed E-state index contributed by atoms with van der Waals surface area (Å²) in [6, 6.07) is 11.1. The Hall–Kier alpha value is -2.65. The number of carbonyl (C=O) groups is 1. The Balaban J connectivity index is 1.79. The van der Waals surface area contributed by atoms with E-state index in [9.17, 15) is 4.79 Å². The van der Waals surface area contributed by atoms with Gasteiger partial charge in [0.2, 0.25) is 0 Å². The number of benzene rings is 1. The molecule has 0 bridgehead atoms. The molecule has 1 N–H and O–H groups in total. The average Bonchev–Trinajstić information content (AvgIpc) is 3.09. The zero-order valence-electron chi connectivity index (χ0n) is 13.1. The first kappa shape index (κ1) is 15.3. The molecule has 0 spiro atoms. The number of amides is 1. The molecule has 1 amide bonds. The summed E-state index contributed by atoms with van der Waals surface area (Å²) >= 11 is 1.44. The summed E-state index contributed by atoms with van der Waals surface area (Å²) in [5, 5.41) is 17.2. The van der Waals surface area contributed by atoms with E-state index in [1.54, 1.807) is 16.8 Å². The molecule has 1 aromatic carbocycles. The molecule has 0 saturated carbocycles. The van der Waals surface area contributed by atoms with E-state index < -0.39 is 0 Å². The highest BCUT2D eigenvalue weighted by atomic mass is 32.1. The number of aryl methyl sites for hydroxylation is 2. The van der Waals surface area contributed by atoms with Gasteiger partial charge in [-0.15, -0.1) is 11.3 Å². The van der Waals surface area contributed by atoms with E-state index in [0.29, 0.717) is 10.4 Å². The molecule has 1 atom stereocenters. The van der Waals surface area contributed by atoms with Gasteiger partial charge in [-0.1, -0.05) is 12.1 Å². The molecule has 23 heavy (non-hydrogen) atoms. The van der Waals surface area contributed by atoms with Gasteiger partial charge in [-0.05, 0) is 37.6 Å². The lowest BCUT2D eigenvalue weighted by atomic mass is 10.1. The predicted molar refractivity (Wildman–Crippen MR) is 90.4 cm³/mol. The van der Waals surface area contributed by atoms with Gasteiger partial charge in [0.15, 0.2) is 0 Å². The Bertz CT molecular complexity index is 880. The Morgan fingerprint density at radius 2 is 2.09 bits per heavy atom. The van der Waals surface area contributed by atoms with Gasteiger partial charge in [-0.3, -0.25) is 9.48 Å². The second-order valence-corrected chi connectivity index (χ2v) is 6.50. The van der Waals surface area contributed by atoms with Crippen molar-refractivity contribution in [2.45, 2.75) is 19.9 Å². The van der Waals surface area contributed by atoms with E-state index in [4.69, 9.17) is 5.26 Å². The van der Waals surface area contributed by atoms with Crippen molar-refractivity contribution in [2.24, 2.45) is 7.05 Å². The summed E-state index contributed by atoms with van der Waals surface area (Å²) in [4.78, 5) is 14.1. The van der Waals surface area contributed by atoms with Crippen molar-refractivity contribution < 1.29 is 4.79 Å². The third-order valence-electron chi connectivity index (χ3n) is 3.81. The molecule has 0 saturated heterocycles. The van der Waals surface area contributed by atoms with Gasteiger partial charge >= 0.3 is 0 Å². The zero-order valence-corrected chi connectivity index (χ0v) is 13.9. The van der Waals surface area contributed by atoms with Crippen LogP contribution in [0, 0.1) is 18.3 Å². The summed E-state index contributed by atoms with van der Waals surface area (Å²) < 4.78 is 1.80. The fraction of sp³-hybridized carbons (Fsp3) is 0.235. The second-order valence-electron chi connectivity index (χ2n) is 5.47. The number of hydrogen-bond acceptors (Lipinski definition) is 4. The summed E-state index contributed by atoms with van der Waals surface area (Å²) in [6.45, 7) is 3.87. The molecule has 0 radical (unpaired) electrons. The number of carbonyl (C=O) groups excluding carboxylic acids is 1. The predicted octanol–water partition coefficient (Wildman–Crippen LogP) is 3.31. The van der Waals surface area contributed by atoms with Crippen molar-refractivity contribution in [3.8, 4) is 6.07 Å². The number of nitrogens with zero attached hydrogens (tertiary/aromatic N) is 3. The first-order valence-electron chi connectivity index (χ1n) is 7.23. The van der Waals surface area contributed by atoms with Gasteiger partial charge in [-0.2, -0.15) is 10.4 Å². The van der Waals surface area contributed by atoms with Crippen molar-refractivity contribution in [3.05, 3.63) is 52.0 Å². The van der Waals surface area contributed by atoms with E-state index in [1.807, 2.05) is 39.1 Å². The van der Waals surface area contributed by atoms with Crippen LogP contribution in [0.4, 0.5) is 0 Å². The number of thiophene rings is 1. The van der Waals surface area contributed by atoms with Gasteiger partial charge in [0.1, 0.15) is 4.83 Å². The summed E-state index contributed by atoms with van der Waals surface area (Å²) in [5.74, 6) is -0.0949. The smallest absolute Gasteiger partial charge is 0.261 e. The topological polar surface area (TPSA) is 70.7 Å². The van der Waals surface area contributed by atoms with Gasteiger partial charge in [-0.25, -0.2) is 0 Å². The molecule has 0 aliphatic carbocycles. The number of fused-ring (bicyclic) bond motifs is 1. The maximum absolute atomic E-state index is 12.5. The van der Waals surface area contributed by atoms with E-state index in [-0.39, 0.29) is 11.9 Å². The molecule has 3 aromatic rings. The van der Waals surface area contributed by atoms with Gasteiger partial charge in [0.05, 0.1) is 28.2 Å². The largest absolute Gasteiger partial charge is 0.345 e. The Labute approximate surface area is 138 Å². The van der Waals surface area contributed by atoms with E-state index in [2.05, 4.69) is 16.5 Å². The summed E-state index contributed by atoms with van der Waals surface area (Å²) in [7, 11) is 1.88. The normalized spacial score (nSPS) is 12.1. The van der Waals surface area contributed by atoms with Crippen LogP contribution in [0.2, 0.25) is 0 Å². The maximum atomic E-state index is 12.5. The highest BCUT2D eigenvalue weighted by molar-refractivity contribution is 7.20. The number of rotatable bonds is 3. The van der Waals surface area contributed by atoms with Gasteiger partial charge < -0.3 is 5.32 Å². The Kier molecular flexibility index (Phi) is 3.89. The summed E-state index contributed by atoms with van der Waals surface area (Å²) in [6.07, 6.45) is 0. The number of aromatic nitrogens is 2. The van der Waals surface area contributed by atoms with Crippen molar-refractivity contribution in [2.75, 3.05) is 0 Å². The van der Waals surface area contributed by atoms with Crippen LogP contribution in [0.25, 0.3) is 10.2 Å². The van der Waals surface area contributed by atoms with Crippen LogP contribution in [0.5, 0.6) is 0 Å². The van der Waals surface area contributed by atoms with Crippen molar-refractivity contribution in [3.63, 3.8) is 0 Å². The van der Waals surface area contributed by atoms with E-state index in [1.165, 1.54) is 11.3 Å². The minimum Gasteiger partial charge on any atom is -0.345 e. The lowest BCUT2D eigenvalue weighted by molar-refractivity contribution is 0.0944. The van der Waals surface area contributed by atoms with Crippen LogP contribution in [0.3, 0.4) is 0 Å². The molecule has 0 aliphatic rings. The standard InChI is InChI=1S/C17H16N4OS/c1-10(13-6-4-12(9-18)5-7-13)19-16(22)15-8-14-11(2)20-21(3)17(14)23-15/h4-8,10H,1-3H3,(H,19,22). The number of nitrogens with one attached hydrogen (secondary N) is 1. The molecule has 5 nitrogen and oxygen atoms in total. The fourth-order valence-corrected chi connectivity index (χ4v) is 3.54. The second kappa shape index (κ2) is 5.86. The minimum atomic E-state index is -0.125. The van der Waals surface area contributed by atoms with E-state index >= 15 is 0 Å². The molecule has 1 unspecified atom stereocenters. The lowest BCUT2D eigenvalue weighted by Crippen LogP contribution is -2.25. The van der Waals surface area contributed by atoms with Crippen LogP contribution in [-0.2, 0) is 7.05 Å². The van der Waals surface area contributed by atoms with Gasteiger partial charge in [0.25, 0.3) is 5.91 Å². The molecule has 6 heteroatoms. The maximum Gasteiger partial charge on any atom is 0.261 e. The van der Waals surface area contributed by atoms with Crippen molar-refractivity contribution >= 4 is 27.5 Å². The molecule has 2 heterocycles. The van der Waals surface area contributed by atoms with Crippen molar-refractivity contribution in [1.29, 1.82) is 5.26 Å². The van der Waals surface area contributed by atoms with Crippen LogP contribution in [-0.4, -0.2) is 15.7 Å². The Morgan fingerprint density at radius 3 is 2.70 bits per heavy atom. The highest BCUT2D eigenvalue weighted by Crippen LogP contribution is 2.28. The quantitative estimate of drug-likeness (QED) is 0.803. The zero-order chi connectivity index (χ0) is 16.6. The number of nitriles is 1. The third kappa shape index (κ3) is 2.83. The SMILES string of the molecule is Cc1nn(C)c2sc(C(=O)NC(C)c3ccc(C#N)cc3)cc12. The van der Waals surface area contributed by atoms with E-state index in [0.717, 1.165) is 21.5 Å². The fourth-order valence-electron chi connectivity index (χ4n) is 2.51. The first-order chi connectivity index (χ1) is 11.0. The molecular formula is C17H16N4OS. The van der Waals surface area contributed by atoms with Crippen LogP contribution < -0.4 is 5.32 Å². The Morgan fingerprint density at radius 1 is 1.39 bits per heavy atom. The molecule has 116 valence electrons. The molecule has 2 aromatic heterocycles. The highest BCUT2D eigenvalue weighted by Gasteiger charge is 2.17. The first-order valence-corrected chi connectivity index (χ1v) is 8.05. The minimum absolute atomic E-state index is 0.0949. The molecule has 0 fully saturated rings. The average molecular weight is 324 g/mol. The van der Waals surface area contributed by atoms with Crippen molar-refractivity contribution in [1.82, 2.24) is 15.1 Å². The monoisotopic (exact) mass is 324 g/mol.